The summed E-state index contributed by atoms with van der Waals surface area (Å²) >= 11 is 0. The molecule has 2 rings (SSSR count). The molecule has 0 saturated carbocycles. The molecule has 0 aliphatic carbocycles. The summed E-state index contributed by atoms with van der Waals surface area (Å²) in [6.45, 7) is 3.60. The third-order valence-electron chi connectivity index (χ3n) is 1.75. The van der Waals surface area contributed by atoms with E-state index in [-0.39, 0.29) is 5.56 Å². The van der Waals surface area contributed by atoms with E-state index in [9.17, 15) is 4.79 Å². The number of benzene rings is 1. The van der Waals surface area contributed by atoms with Crippen molar-refractivity contribution in [3.05, 3.63) is 28.3 Å². The maximum atomic E-state index is 10.8. The van der Waals surface area contributed by atoms with Crippen LogP contribution in [0.25, 0.3) is 6.58 Å². The first-order valence-electron chi connectivity index (χ1n) is 3.54. The smallest absolute Gasteiger partial charge is 0.338 e. The maximum absolute atomic E-state index is 10.8. The summed E-state index contributed by atoms with van der Waals surface area (Å²) in [6, 6.07) is 3.23. The van der Waals surface area contributed by atoms with Crippen molar-refractivity contribution in [1.82, 2.24) is 0 Å². The number of fused-ring (bicyclic) bond motifs is 1. The van der Waals surface area contributed by atoms with Gasteiger partial charge in [-0.05, 0) is 16.5 Å². The Balaban J connectivity index is 2.90. The Morgan fingerprint density at radius 3 is 2.92 bits per heavy atom. The van der Waals surface area contributed by atoms with E-state index in [0.29, 0.717) is 16.3 Å². The molecule has 64 valence electrons. The topological polar surface area (TPSA) is 74.4 Å². The Hall–Kier alpha value is -2.04. The van der Waals surface area contributed by atoms with Crippen LogP contribution in [0.4, 0.5) is 5.69 Å². The molecule has 0 bridgehead atoms. The van der Waals surface area contributed by atoms with Gasteiger partial charge in [-0.15, -0.1) is 10.2 Å². The highest BCUT2D eigenvalue weighted by molar-refractivity contribution is 5.93. The SMILES string of the molecule is C=c1ccc2c(c1C(=O)O)N=NN=2. The van der Waals surface area contributed by atoms with E-state index in [0.717, 1.165) is 0 Å². The van der Waals surface area contributed by atoms with Gasteiger partial charge in [0, 0.05) is 0 Å². The van der Waals surface area contributed by atoms with Crippen LogP contribution in [-0.4, -0.2) is 11.1 Å². The molecule has 0 atom stereocenters. The summed E-state index contributed by atoms with van der Waals surface area (Å²) in [5.74, 6) is -1.06. The van der Waals surface area contributed by atoms with Crippen LogP contribution >= 0.6 is 0 Å². The van der Waals surface area contributed by atoms with Crippen LogP contribution in [0.3, 0.4) is 0 Å². The zero-order valence-corrected chi connectivity index (χ0v) is 6.56. The molecular weight excluding hydrogens is 170 g/mol. The zero-order valence-electron chi connectivity index (χ0n) is 6.56. The van der Waals surface area contributed by atoms with Crippen molar-refractivity contribution in [3.8, 4) is 0 Å². The predicted molar refractivity (Wildman–Crippen MR) is 44.2 cm³/mol. The van der Waals surface area contributed by atoms with Gasteiger partial charge in [0.1, 0.15) is 11.0 Å². The van der Waals surface area contributed by atoms with E-state index in [2.05, 4.69) is 22.0 Å². The summed E-state index contributed by atoms with van der Waals surface area (Å²) in [5.41, 5.74) is 0.363. The van der Waals surface area contributed by atoms with E-state index in [1.165, 1.54) is 0 Å². The molecule has 0 saturated heterocycles. The molecule has 0 unspecified atom stereocenters. The molecule has 5 nitrogen and oxygen atoms in total. The lowest BCUT2D eigenvalue weighted by molar-refractivity contribution is 0.0696. The van der Waals surface area contributed by atoms with Crippen LogP contribution in [0, 0.1) is 0 Å². The van der Waals surface area contributed by atoms with Gasteiger partial charge in [-0.3, -0.25) is 0 Å². The van der Waals surface area contributed by atoms with Crippen molar-refractivity contribution < 1.29 is 9.90 Å². The summed E-state index contributed by atoms with van der Waals surface area (Å²) in [6.07, 6.45) is 0. The number of carboxylic acids is 1. The maximum Gasteiger partial charge on any atom is 0.338 e. The molecule has 0 spiro atoms. The van der Waals surface area contributed by atoms with E-state index >= 15 is 0 Å². The fraction of sp³-hybridized carbons (Fsp3) is 0. The second-order valence-electron chi connectivity index (χ2n) is 2.56. The number of carbonyl (C=O) groups is 1. The summed E-state index contributed by atoms with van der Waals surface area (Å²) in [7, 11) is 0. The van der Waals surface area contributed by atoms with Crippen molar-refractivity contribution in [2.24, 2.45) is 15.4 Å². The Labute approximate surface area is 72.7 Å². The second-order valence-corrected chi connectivity index (χ2v) is 2.56. The van der Waals surface area contributed by atoms with Crippen molar-refractivity contribution >= 4 is 18.2 Å². The van der Waals surface area contributed by atoms with Gasteiger partial charge in [-0.2, -0.15) is 0 Å². The minimum Gasteiger partial charge on any atom is -0.478 e. The Morgan fingerprint density at radius 2 is 2.23 bits per heavy atom. The normalized spacial score (nSPS) is 12.3. The third-order valence-corrected chi connectivity index (χ3v) is 1.75. The minimum atomic E-state index is -1.06. The second kappa shape index (κ2) is 2.48. The van der Waals surface area contributed by atoms with E-state index < -0.39 is 5.97 Å². The number of hydrogen-bond acceptors (Lipinski definition) is 4. The molecule has 0 amide bonds. The molecule has 0 radical (unpaired) electrons. The standard InChI is InChI=1S/C8H5N3O2/c1-4-2-3-5-7(10-11-9-5)6(4)8(12)13/h2-3H,1H2,(H,12,13). The molecule has 5 heteroatoms. The monoisotopic (exact) mass is 175 g/mol. The van der Waals surface area contributed by atoms with Gasteiger partial charge < -0.3 is 5.11 Å². The summed E-state index contributed by atoms with van der Waals surface area (Å²) < 4.78 is 0. The third kappa shape index (κ3) is 1.01. The Bertz CT molecular complexity index is 519. The predicted octanol–water partition coefficient (Wildman–Crippen LogP) is 0.427. The number of rotatable bonds is 1. The van der Waals surface area contributed by atoms with Gasteiger partial charge in [0.25, 0.3) is 0 Å². The Kier molecular flexibility index (Phi) is 1.45. The number of nitrogens with zero attached hydrogens (tertiary/aromatic N) is 3. The van der Waals surface area contributed by atoms with Crippen molar-refractivity contribution in [2.75, 3.05) is 0 Å². The van der Waals surface area contributed by atoms with Crippen LogP contribution in [-0.2, 0) is 0 Å². The largest absolute Gasteiger partial charge is 0.478 e. The molecule has 1 aliphatic heterocycles. The lowest BCUT2D eigenvalue weighted by atomic mass is 10.1. The van der Waals surface area contributed by atoms with Crippen molar-refractivity contribution in [2.45, 2.75) is 0 Å². The lowest BCUT2D eigenvalue weighted by Crippen LogP contribution is -2.18. The molecule has 1 heterocycles. The number of aromatic carboxylic acids is 1. The lowest BCUT2D eigenvalue weighted by Gasteiger charge is -1.96. The first kappa shape index (κ1) is 7.60. The summed E-state index contributed by atoms with van der Waals surface area (Å²) in [4.78, 5) is 10.8. The van der Waals surface area contributed by atoms with Crippen LogP contribution < -0.4 is 10.6 Å². The Morgan fingerprint density at radius 1 is 1.46 bits per heavy atom. The van der Waals surface area contributed by atoms with Gasteiger partial charge >= 0.3 is 5.97 Å². The van der Waals surface area contributed by atoms with E-state index in [4.69, 9.17) is 5.11 Å². The molecule has 0 fully saturated rings. The first-order chi connectivity index (χ1) is 6.20. The van der Waals surface area contributed by atoms with E-state index in [1.807, 2.05) is 0 Å². The van der Waals surface area contributed by atoms with Gasteiger partial charge in [0.2, 0.25) is 0 Å². The molecule has 1 aromatic rings. The van der Waals surface area contributed by atoms with Crippen LogP contribution in [0.1, 0.15) is 10.4 Å². The quantitative estimate of drug-likeness (QED) is 0.671. The fourth-order valence-corrected chi connectivity index (χ4v) is 1.16. The van der Waals surface area contributed by atoms with Crippen LogP contribution in [0.15, 0.2) is 27.6 Å². The molecule has 13 heavy (non-hydrogen) atoms. The fourth-order valence-electron chi connectivity index (χ4n) is 1.16. The minimum absolute atomic E-state index is 0.0718. The molecule has 0 aromatic heterocycles. The highest BCUT2D eigenvalue weighted by Crippen LogP contribution is 2.13. The van der Waals surface area contributed by atoms with E-state index in [1.54, 1.807) is 12.1 Å². The average molecular weight is 175 g/mol. The molecule has 1 aliphatic rings. The van der Waals surface area contributed by atoms with Crippen LogP contribution in [0.5, 0.6) is 0 Å². The highest BCUT2D eigenvalue weighted by Gasteiger charge is 2.15. The molecule has 1 N–H and O–H groups in total. The highest BCUT2D eigenvalue weighted by atomic mass is 16.4. The molecule has 1 aromatic carbocycles. The first-order valence-corrected chi connectivity index (χ1v) is 3.54. The zero-order chi connectivity index (χ0) is 9.42. The number of hydrogen-bond donors (Lipinski definition) is 1. The van der Waals surface area contributed by atoms with Gasteiger partial charge in [0.15, 0.2) is 0 Å². The van der Waals surface area contributed by atoms with Crippen molar-refractivity contribution in [1.29, 1.82) is 0 Å². The average Bonchev–Trinajstić information content (AvgIpc) is 2.50. The van der Waals surface area contributed by atoms with Gasteiger partial charge in [0.05, 0.1) is 5.56 Å². The van der Waals surface area contributed by atoms with Crippen molar-refractivity contribution in [3.63, 3.8) is 0 Å². The molecular formula is C8H5N3O2. The number of carboxylic acid groups (broad SMARTS) is 1. The van der Waals surface area contributed by atoms with Gasteiger partial charge in [-0.25, -0.2) is 4.79 Å². The van der Waals surface area contributed by atoms with Crippen LogP contribution in [0.2, 0.25) is 0 Å². The summed E-state index contributed by atoms with van der Waals surface area (Å²) in [5, 5.41) is 20.4. The van der Waals surface area contributed by atoms with Gasteiger partial charge in [-0.1, -0.05) is 12.6 Å².